The van der Waals surface area contributed by atoms with Crippen molar-refractivity contribution in [3.63, 3.8) is 0 Å². The fourth-order valence-electron chi connectivity index (χ4n) is 1.68. The normalized spacial score (nSPS) is 10.4. The minimum atomic E-state index is -0.287. The van der Waals surface area contributed by atoms with E-state index in [1.54, 1.807) is 30.3 Å². The zero-order valence-corrected chi connectivity index (χ0v) is 10.6. The number of rotatable bonds is 4. The van der Waals surface area contributed by atoms with Crippen molar-refractivity contribution in [3.05, 3.63) is 48.0 Å². The Morgan fingerprint density at radius 3 is 2.68 bits per heavy atom. The zero-order chi connectivity index (χ0) is 13.8. The van der Waals surface area contributed by atoms with Crippen molar-refractivity contribution < 1.29 is 9.18 Å². The van der Waals surface area contributed by atoms with Crippen LogP contribution in [0.5, 0.6) is 0 Å². The Morgan fingerprint density at radius 2 is 2.11 bits per heavy atom. The molecule has 0 atom stereocenters. The van der Waals surface area contributed by atoms with Crippen LogP contribution >= 0.6 is 0 Å². The second kappa shape index (κ2) is 5.51. The first kappa shape index (κ1) is 13.1. The SMILES string of the molecule is CN(Cc1ccc(F)cc1)C(=O)Cn1cc(N)cn1. The van der Waals surface area contributed by atoms with E-state index < -0.39 is 0 Å². The van der Waals surface area contributed by atoms with Gasteiger partial charge < -0.3 is 10.6 Å². The number of hydrogen-bond acceptors (Lipinski definition) is 3. The van der Waals surface area contributed by atoms with Crippen molar-refractivity contribution in [2.45, 2.75) is 13.1 Å². The second-order valence-electron chi connectivity index (χ2n) is 4.35. The largest absolute Gasteiger partial charge is 0.396 e. The van der Waals surface area contributed by atoms with Gasteiger partial charge in [-0.3, -0.25) is 9.48 Å². The Labute approximate surface area is 110 Å². The first-order valence-corrected chi connectivity index (χ1v) is 5.81. The number of carbonyl (C=O) groups excluding carboxylic acids is 1. The van der Waals surface area contributed by atoms with Crippen molar-refractivity contribution in [2.24, 2.45) is 0 Å². The smallest absolute Gasteiger partial charge is 0.244 e. The van der Waals surface area contributed by atoms with Gasteiger partial charge in [-0.15, -0.1) is 0 Å². The van der Waals surface area contributed by atoms with Gasteiger partial charge in [-0.2, -0.15) is 5.10 Å². The van der Waals surface area contributed by atoms with Gasteiger partial charge in [0.15, 0.2) is 0 Å². The lowest BCUT2D eigenvalue weighted by atomic mass is 10.2. The first-order chi connectivity index (χ1) is 9.04. The summed E-state index contributed by atoms with van der Waals surface area (Å²) in [6.07, 6.45) is 3.09. The summed E-state index contributed by atoms with van der Waals surface area (Å²) in [5.41, 5.74) is 6.92. The molecule has 0 radical (unpaired) electrons. The summed E-state index contributed by atoms with van der Waals surface area (Å²) in [5, 5.41) is 3.95. The molecule has 0 aliphatic carbocycles. The highest BCUT2D eigenvalue weighted by Crippen LogP contribution is 2.06. The van der Waals surface area contributed by atoms with Crippen molar-refractivity contribution in [1.29, 1.82) is 0 Å². The molecule has 0 aliphatic rings. The topological polar surface area (TPSA) is 64.2 Å². The molecule has 2 aromatic rings. The second-order valence-corrected chi connectivity index (χ2v) is 4.35. The number of amides is 1. The van der Waals surface area contributed by atoms with E-state index >= 15 is 0 Å². The molecule has 100 valence electrons. The van der Waals surface area contributed by atoms with E-state index in [-0.39, 0.29) is 18.3 Å². The molecule has 6 heteroatoms. The number of nitrogens with two attached hydrogens (primary N) is 1. The predicted molar refractivity (Wildman–Crippen MR) is 69.5 cm³/mol. The van der Waals surface area contributed by atoms with Crippen LogP contribution in [0.4, 0.5) is 10.1 Å². The predicted octanol–water partition coefficient (Wildman–Crippen LogP) is 1.26. The van der Waals surface area contributed by atoms with E-state index in [4.69, 9.17) is 5.73 Å². The van der Waals surface area contributed by atoms with Crippen LogP contribution in [0.15, 0.2) is 36.7 Å². The summed E-state index contributed by atoms with van der Waals surface area (Å²) >= 11 is 0. The number of anilines is 1. The highest BCUT2D eigenvalue weighted by atomic mass is 19.1. The lowest BCUT2D eigenvalue weighted by Crippen LogP contribution is -2.29. The molecule has 19 heavy (non-hydrogen) atoms. The summed E-state index contributed by atoms with van der Waals surface area (Å²) in [4.78, 5) is 13.5. The number of halogens is 1. The Kier molecular flexibility index (Phi) is 3.79. The van der Waals surface area contributed by atoms with Crippen LogP contribution in [0.1, 0.15) is 5.56 Å². The van der Waals surface area contributed by atoms with Crippen LogP contribution in [0.3, 0.4) is 0 Å². The van der Waals surface area contributed by atoms with Gasteiger partial charge >= 0.3 is 0 Å². The van der Waals surface area contributed by atoms with Gasteiger partial charge in [-0.25, -0.2) is 4.39 Å². The number of likely N-dealkylation sites (N-methyl/N-ethyl adjacent to an activating group) is 1. The molecular formula is C13H15FN4O. The molecule has 0 aliphatic heterocycles. The maximum absolute atomic E-state index is 12.8. The quantitative estimate of drug-likeness (QED) is 0.902. The van der Waals surface area contributed by atoms with E-state index in [0.717, 1.165) is 5.56 Å². The summed E-state index contributed by atoms with van der Waals surface area (Å²) in [5.74, 6) is -0.378. The van der Waals surface area contributed by atoms with Crippen LogP contribution < -0.4 is 5.73 Å². The molecule has 2 N–H and O–H groups in total. The molecule has 0 saturated carbocycles. The van der Waals surface area contributed by atoms with Crippen molar-refractivity contribution in [1.82, 2.24) is 14.7 Å². The molecule has 0 spiro atoms. The Hall–Kier alpha value is -2.37. The van der Waals surface area contributed by atoms with Crippen LogP contribution in [0, 0.1) is 5.82 Å². The lowest BCUT2D eigenvalue weighted by molar-refractivity contribution is -0.131. The monoisotopic (exact) mass is 262 g/mol. The van der Waals surface area contributed by atoms with Crippen molar-refractivity contribution in [2.75, 3.05) is 12.8 Å². The van der Waals surface area contributed by atoms with Gasteiger partial charge in [0, 0.05) is 19.8 Å². The fraction of sp³-hybridized carbons (Fsp3) is 0.231. The minimum absolute atomic E-state index is 0.0903. The van der Waals surface area contributed by atoms with Gasteiger partial charge in [-0.05, 0) is 17.7 Å². The number of nitrogen functional groups attached to an aromatic ring is 1. The van der Waals surface area contributed by atoms with Crippen LogP contribution in [0.2, 0.25) is 0 Å². The first-order valence-electron chi connectivity index (χ1n) is 5.81. The van der Waals surface area contributed by atoms with Crippen molar-refractivity contribution >= 4 is 11.6 Å². The molecule has 5 nitrogen and oxygen atoms in total. The number of benzene rings is 1. The molecule has 0 bridgehead atoms. The number of carbonyl (C=O) groups is 1. The molecule has 0 saturated heterocycles. The summed E-state index contributed by atoms with van der Waals surface area (Å²) in [6.45, 7) is 0.560. The minimum Gasteiger partial charge on any atom is -0.396 e. The van der Waals surface area contributed by atoms with Gasteiger partial charge in [0.05, 0.1) is 11.9 Å². The summed E-state index contributed by atoms with van der Waals surface area (Å²) < 4.78 is 14.3. The Bertz CT molecular complexity index is 564. The third-order valence-electron chi connectivity index (χ3n) is 2.71. The van der Waals surface area contributed by atoms with Crippen LogP contribution in [-0.4, -0.2) is 27.6 Å². The van der Waals surface area contributed by atoms with Gasteiger partial charge in [0.2, 0.25) is 5.91 Å². The lowest BCUT2D eigenvalue weighted by Gasteiger charge is -2.17. The number of nitrogens with zero attached hydrogens (tertiary/aromatic N) is 3. The average molecular weight is 262 g/mol. The van der Waals surface area contributed by atoms with Gasteiger partial charge in [0.25, 0.3) is 0 Å². The van der Waals surface area contributed by atoms with Crippen molar-refractivity contribution in [3.8, 4) is 0 Å². The average Bonchev–Trinajstić information content (AvgIpc) is 2.77. The van der Waals surface area contributed by atoms with Gasteiger partial charge in [-0.1, -0.05) is 12.1 Å². The summed E-state index contributed by atoms with van der Waals surface area (Å²) in [6, 6.07) is 6.07. The third-order valence-corrected chi connectivity index (χ3v) is 2.71. The number of hydrogen-bond donors (Lipinski definition) is 1. The molecule has 2 rings (SSSR count). The fourth-order valence-corrected chi connectivity index (χ4v) is 1.68. The Morgan fingerprint density at radius 1 is 1.42 bits per heavy atom. The van der Waals surface area contributed by atoms with Crippen LogP contribution in [0.25, 0.3) is 0 Å². The molecule has 1 amide bonds. The maximum Gasteiger partial charge on any atom is 0.244 e. The summed E-state index contributed by atoms with van der Waals surface area (Å²) in [7, 11) is 1.69. The highest BCUT2D eigenvalue weighted by molar-refractivity contribution is 5.75. The van der Waals surface area contributed by atoms with Crippen LogP contribution in [-0.2, 0) is 17.9 Å². The zero-order valence-electron chi connectivity index (χ0n) is 10.6. The third kappa shape index (κ3) is 3.54. The standard InChI is InChI=1S/C13H15FN4O/c1-17(7-10-2-4-11(14)5-3-10)13(19)9-18-8-12(15)6-16-18/h2-6,8H,7,9,15H2,1H3. The van der Waals surface area contributed by atoms with Gasteiger partial charge in [0.1, 0.15) is 12.4 Å². The molecule has 1 aromatic carbocycles. The van der Waals surface area contributed by atoms with E-state index in [1.165, 1.54) is 23.0 Å². The highest BCUT2D eigenvalue weighted by Gasteiger charge is 2.10. The molecule has 1 heterocycles. The van der Waals surface area contributed by atoms with E-state index in [9.17, 15) is 9.18 Å². The molecule has 0 fully saturated rings. The molecule has 0 unspecified atom stereocenters. The maximum atomic E-state index is 12.8. The van der Waals surface area contributed by atoms with E-state index in [2.05, 4.69) is 5.10 Å². The van der Waals surface area contributed by atoms with E-state index in [0.29, 0.717) is 12.2 Å². The molecule has 1 aromatic heterocycles. The Balaban J connectivity index is 1.94. The van der Waals surface area contributed by atoms with E-state index in [1.807, 2.05) is 0 Å². The molecular weight excluding hydrogens is 247 g/mol. The number of aromatic nitrogens is 2.